The largest absolute Gasteiger partial charge is 0.458 e. The van der Waals surface area contributed by atoms with Crippen molar-refractivity contribution in [1.82, 2.24) is 0 Å². The smallest absolute Gasteiger partial charge is 0.408 e. The van der Waals surface area contributed by atoms with Crippen LogP contribution in [0.3, 0.4) is 0 Å². The molecule has 15 heavy (non-hydrogen) atoms. The number of hydrogen-bond acceptors (Lipinski definition) is 5. The summed E-state index contributed by atoms with van der Waals surface area (Å²) in [6, 6.07) is 0. The van der Waals surface area contributed by atoms with E-state index in [9.17, 15) is 15.1 Å². The summed E-state index contributed by atoms with van der Waals surface area (Å²) in [5.74, 6) is -0.897. The molecule has 1 rings (SSSR count). The van der Waals surface area contributed by atoms with Crippen LogP contribution < -0.4 is 0 Å². The van der Waals surface area contributed by atoms with E-state index >= 15 is 0 Å². The van der Waals surface area contributed by atoms with Crippen LogP contribution in [-0.2, 0) is 14.4 Å². The Hall–Kier alpha value is -1.30. The minimum Gasteiger partial charge on any atom is -0.458 e. The Kier molecular flexibility index (Phi) is 3.52. The molecular weight excluding hydrogens is 202 g/mol. The molecule has 1 heterocycles. The molecule has 0 aliphatic carbocycles. The lowest BCUT2D eigenvalue weighted by Gasteiger charge is -2.17. The molecule has 0 aromatic carbocycles. The molecule has 0 amide bonds. The number of carbonyl (C=O) groups excluding carboxylic acids is 1. The van der Waals surface area contributed by atoms with Crippen molar-refractivity contribution >= 4 is 11.7 Å². The topological polar surface area (TPSA) is 81.8 Å². The number of rotatable bonds is 3. The van der Waals surface area contributed by atoms with Crippen LogP contribution in [0.5, 0.6) is 0 Å². The van der Waals surface area contributed by atoms with Crippen molar-refractivity contribution in [2.45, 2.75) is 33.0 Å². The number of aliphatic hydroxyl groups is 1. The van der Waals surface area contributed by atoms with Crippen LogP contribution in [0.15, 0.2) is 0 Å². The zero-order valence-corrected chi connectivity index (χ0v) is 8.97. The third-order valence-corrected chi connectivity index (χ3v) is 2.15. The fourth-order valence-electron chi connectivity index (χ4n) is 1.38. The molecule has 0 saturated heterocycles. The fourth-order valence-corrected chi connectivity index (χ4v) is 1.38. The maximum absolute atomic E-state index is 11.3. The van der Waals surface area contributed by atoms with Gasteiger partial charge in [0.1, 0.15) is 6.10 Å². The summed E-state index contributed by atoms with van der Waals surface area (Å²) in [6.07, 6.45) is -1.91. The predicted octanol–water partition coefficient (Wildman–Crippen LogP) is -0.169. The first-order valence-electron chi connectivity index (χ1n) is 4.85. The second kappa shape index (κ2) is 4.48. The van der Waals surface area contributed by atoms with Gasteiger partial charge < -0.3 is 14.7 Å². The van der Waals surface area contributed by atoms with E-state index in [0.717, 1.165) is 0 Å². The third-order valence-electron chi connectivity index (χ3n) is 2.15. The summed E-state index contributed by atoms with van der Waals surface area (Å²) in [5, 5.41) is 20.9. The molecule has 1 N–H and O–H groups in total. The van der Waals surface area contributed by atoms with Crippen molar-refractivity contribution in [2.24, 2.45) is 5.92 Å². The van der Waals surface area contributed by atoms with Gasteiger partial charge in [0.25, 0.3) is 0 Å². The molecule has 0 saturated carbocycles. The normalized spacial score (nSPS) is 25.7. The van der Waals surface area contributed by atoms with E-state index in [1.807, 2.05) is 0 Å². The van der Waals surface area contributed by atoms with Crippen molar-refractivity contribution in [3.8, 4) is 0 Å². The highest BCUT2D eigenvalue weighted by atomic mass is 16.9. The van der Waals surface area contributed by atoms with Crippen LogP contribution in [0.25, 0.3) is 0 Å². The highest BCUT2D eigenvalue weighted by Crippen LogP contribution is 2.19. The van der Waals surface area contributed by atoms with E-state index in [1.165, 1.54) is 0 Å². The van der Waals surface area contributed by atoms with Gasteiger partial charge in [0.05, 0.1) is 11.5 Å². The van der Waals surface area contributed by atoms with Gasteiger partial charge >= 0.3 is 11.7 Å². The standard InChI is InChI=1S/C9H15NO5/c1-4-14-9(12)6-7(11)8(5(2)3)15-10(6)13/h5,7-8,11H,4H2,1-3H3/t7-,8+/m0/s1. The quantitative estimate of drug-likeness (QED) is 0.524. The van der Waals surface area contributed by atoms with Crippen LogP contribution in [0.1, 0.15) is 20.8 Å². The maximum Gasteiger partial charge on any atom is 0.408 e. The summed E-state index contributed by atoms with van der Waals surface area (Å²) in [7, 11) is 0. The van der Waals surface area contributed by atoms with Gasteiger partial charge in [-0.15, -0.1) is 0 Å². The lowest BCUT2D eigenvalue weighted by Crippen LogP contribution is -2.37. The van der Waals surface area contributed by atoms with E-state index in [2.05, 4.69) is 4.74 Å². The molecule has 0 aromatic rings. The van der Waals surface area contributed by atoms with Crippen LogP contribution >= 0.6 is 0 Å². The molecule has 0 bridgehead atoms. The first-order chi connectivity index (χ1) is 6.99. The minimum atomic E-state index is -1.22. The van der Waals surface area contributed by atoms with Gasteiger partial charge in [-0.3, -0.25) is 5.21 Å². The minimum absolute atomic E-state index is 0.0489. The van der Waals surface area contributed by atoms with Crippen molar-refractivity contribution in [3.63, 3.8) is 0 Å². The summed E-state index contributed by atoms with van der Waals surface area (Å²) >= 11 is 0. The van der Waals surface area contributed by atoms with Gasteiger partial charge in [-0.2, -0.15) is 0 Å². The number of carbonyl (C=O) groups is 1. The van der Waals surface area contributed by atoms with E-state index in [4.69, 9.17) is 4.84 Å². The second-order valence-electron chi connectivity index (χ2n) is 3.62. The molecule has 0 fully saturated rings. The Bertz CT molecular complexity index is 286. The van der Waals surface area contributed by atoms with Gasteiger partial charge in [-0.1, -0.05) is 13.8 Å². The highest BCUT2D eigenvalue weighted by molar-refractivity contribution is 6.36. The molecular formula is C9H15NO5. The average molecular weight is 217 g/mol. The Morgan fingerprint density at radius 2 is 2.33 bits per heavy atom. The number of ether oxygens (including phenoxy) is 1. The van der Waals surface area contributed by atoms with Gasteiger partial charge in [-0.05, 0) is 12.8 Å². The molecule has 0 spiro atoms. The molecule has 6 heteroatoms. The first kappa shape index (κ1) is 11.8. The molecule has 1 aliphatic heterocycles. The predicted molar refractivity (Wildman–Crippen MR) is 51.0 cm³/mol. The number of hydrogen-bond donors (Lipinski definition) is 1. The van der Waals surface area contributed by atoms with Crippen molar-refractivity contribution in [1.29, 1.82) is 0 Å². The summed E-state index contributed by atoms with van der Waals surface area (Å²) < 4.78 is 4.64. The van der Waals surface area contributed by atoms with Gasteiger partial charge in [0.15, 0.2) is 6.10 Å². The van der Waals surface area contributed by atoms with Gasteiger partial charge in [0.2, 0.25) is 0 Å². The summed E-state index contributed by atoms with van der Waals surface area (Å²) in [4.78, 5) is 16.1. The Morgan fingerprint density at radius 3 is 2.73 bits per heavy atom. The molecule has 6 nitrogen and oxygen atoms in total. The maximum atomic E-state index is 11.3. The van der Waals surface area contributed by atoms with Gasteiger partial charge in [-0.25, -0.2) is 4.79 Å². The Balaban J connectivity index is 2.81. The van der Waals surface area contributed by atoms with Crippen LogP contribution in [0, 0.1) is 11.1 Å². The Labute approximate surface area is 87.6 Å². The zero-order chi connectivity index (χ0) is 11.6. The first-order valence-corrected chi connectivity index (χ1v) is 4.85. The van der Waals surface area contributed by atoms with Crippen LogP contribution in [0.2, 0.25) is 0 Å². The van der Waals surface area contributed by atoms with Gasteiger partial charge in [0, 0.05) is 0 Å². The molecule has 0 unspecified atom stereocenters. The highest BCUT2D eigenvalue weighted by Gasteiger charge is 2.45. The number of esters is 1. The lowest BCUT2D eigenvalue weighted by molar-refractivity contribution is -0.742. The molecule has 2 atom stereocenters. The Morgan fingerprint density at radius 1 is 1.73 bits per heavy atom. The van der Waals surface area contributed by atoms with E-state index < -0.39 is 18.2 Å². The molecule has 0 radical (unpaired) electrons. The zero-order valence-electron chi connectivity index (χ0n) is 8.97. The van der Waals surface area contributed by atoms with E-state index in [-0.39, 0.29) is 23.1 Å². The molecule has 86 valence electrons. The second-order valence-corrected chi connectivity index (χ2v) is 3.62. The summed E-state index contributed by atoms with van der Waals surface area (Å²) in [6.45, 7) is 5.34. The van der Waals surface area contributed by atoms with E-state index in [1.54, 1.807) is 20.8 Å². The molecule has 1 aliphatic rings. The average Bonchev–Trinajstić information content (AvgIpc) is 2.42. The summed E-state index contributed by atoms with van der Waals surface area (Å²) in [5.41, 5.74) is -0.379. The SMILES string of the molecule is CCOC(=O)C1=[N+]([O-])O[C@H](C(C)C)[C@H]1O. The third kappa shape index (κ3) is 2.20. The number of nitrogens with zero attached hydrogens (tertiary/aromatic N) is 1. The van der Waals surface area contributed by atoms with E-state index in [0.29, 0.717) is 0 Å². The van der Waals surface area contributed by atoms with Crippen molar-refractivity contribution in [3.05, 3.63) is 5.21 Å². The van der Waals surface area contributed by atoms with Crippen molar-refractivity contribution < 1.29 is 24.4 Å². The van der Waals surface area contributed by atoms with Crippen molar-refractivity contribution in [2.75, 3.05) is 6.61 Å². The lowest BCUT2D eigenvalue weighted by atomic mass is 9.99. The monoisotopic (exact) mass is 217 g/mol. The number of aliphatic hydroxyl groups excluding tert-OH is 1. The van der Waals surface area contributed by atoms with Crippen LogP contribution in [0.4, 0.5) is 0 Å². The fraction of sp³-hybridized carbons (Fsp3) is 0.778. The molecule has 0 aromatic heterocycles. The van der Waals surface area contributed by atoms with Crippen LogP contribution in [-0.4, -0.2) is 40.5 Å².